The summed E-state index contributed by atoms with van der Waals surface area (Å²) in [5.74, 6) is 0.335. The third kappa shape index (κ3) is 5.72. The highest BCUT2D eigenvalue weighted by atomic mass is 16.5. The SMILES string of the molecule is Cc1cccc(C)c1OC(C)C(=O)Nc1cccc(C(=O)N(C)Cc2ccccc2)c1. The van der Waals surface area contributed by atoms with E-state index < -0.39 is 6.10 Å². The molecule has 2 amide bonds. The predicted molar refractivity (Wildman–Crippen MR) is 123 cm³/mol. The van der Waals surface area contributed by atoms with Crippen LogP contribution in [0.2, 0.25) is 0 Å². The molecule has 5 nitrogen and oxygen atoms in total. The van der Waals surface area contributed by atoms with Crippen molar-refractivity contribution < 1.29 is 14.3 Å². The van der Waals surface area contributed by atoms with Crippen LogP contribution < -0.4 is 10.1 Å². The lowest BCUT2D eigenvalue weighted by atomic mass is 10.1. The zero-order chi connectivity index (χ0) is 22.4. The number of aryl methyl sites for hydroxylation is 2. The minimum absolute atomic E-state index is 0.111. The van der Waals surface area contributed by atoms with Crippen molar-refractivity contribution in [1.82, 2.24) is 4.90 Å². The van der Waals surface area contributed by atoms with Crippen molar-refractivity contribution in [1.29, 1.82) is 0 Å². The summed E-state index contributed by atoms with van der Waals surface area (Å²) in [6, 6.07) is 22.6. The van der Waals surface area contributed by atoms with Gasteiger partial charge in [0.1, 0.15) is 5.75 Å². The van der Waals surface area contributed by atoms with E-state index in [2.05, 4.69) is 5.32 Å². The fourth-order valence-corrected chi connectivity index (χ4v) is 3.34. The minimum atomic E-state index is -0.681. The van der Waals surface area contributed by atoms with E-state index in [1.807, 2.05) is 62.4 Å². The summed E-state index contributed by atoms with van der Waals surface area (Å²) in [5, 5.41) is 2.85. The van der Waals surface area contributed by atoms with Crippen LogP contribution in [0.15, 0.2) is 72.8 Å². The molecule has 0 saturated carbocycles. The highest BCUT2D eigenvalue weighted by Gasteiger charge is 2.18. The van der Waals surface area contributed by atoms with Crippen molar-refractivity contribution >= 4 is 17.5 Å². The molecule has 0 aliphatic carbocycles. The van der Waals surface area contributed by atoms with E-state index in [-0.39, 0.29) is 11.8 Å². The number of ether oxygens (including phenoxy) is 1. The molecule has 0 bridgehead atoms. The van der Waals surface area contributed by atoms with Crippen molar-refractivity contribution in [2.45, 2.75) is 33.4 Å². The molecule has 0 radical (unpaired) electrons. The fraction of sp³-hybridized carbons (Fsp3) is 0.231. The third-order valence-electron chi connectivity index (χ3n) is 5.06. The van der Waals surface area contributed by atoms with Crippen LogP contribution in [0.4, 0.5) is 5.69 Å². The van der Waals surface area contributed by atoms with E-state index in [4.69, 9.17) is 4.74 Å². The van der Waals surface area contributed by atoms with E-state index >= 15 is 0 Å². The van der Waals surface area contributed by atoms with Gasteiger partial charge in [-0.05, 0) is 55.7 Å². The number of hydrogen-bond donors (Lipinski definition) is 1. The molecule has 160 valence electrons. The zero-order valence-electron chi connectivity index (χ0n) is 18.4. The summed E-state index contributed by atoms with van der Waals surface area (Å²) < 4.78 is 5.91. The topological polar surface area (TPSA) is 58.6 Å². The standard InChI is InChI=1S/C26H28N2O3/c1-18-10-8-11-19(2)24(18)31-20(3)25(29)27-23-15-9-14-22(16-23)26(30)28(4)17-21-12-6-5-7-13-21/h5-16,20H,17H2,1-4H3,(H,27,29). The van der Waals surface area contributed by atoms with Crippen molar-refractivity contribution in [3.8, 4) is 5.75 Å². The Morgan fingerprint density at radius 2 is 1.58 bits per heavy atom. The van der Waals surface area contributed by atoms with E-state index in [1.54, 1.807) is 43.1 Å². The Morgan fingerprint density at radius 3 is 2.26 bits per heavy atom. The molecular formula is C26H28N2O3. The number of hydrogen-bond acceptors (Lipinski definition) is 3. The first-order valence-corrected chi connectivity index (χ1v) is 10.3. The zero-order valence-corrected chi connectivity index (χ0v) is 18.4. The Bertz CT molecular complexity index is 1040. The molecule has 0 aliphatic heterocycles. The third-order valence-corrected chi connectivity index (χ3v) is 5.06. The van der Waals surface area contributed by atoms with Gasteiger partial charge in [-0.2, -0.15) is 0 Å². The van der Waals surface area contributed by atoms with E-state index in [9.17, 15) is 9.59 Å². The molecule has 1 atom stereocenters. The molecule has 3 rings (SSSR count). The summed E-state index contributed by atoms with van der Waals surface area (Å²) in [5.41, 5.74) is 4.09. The maximum absolute atomic E-state index is 12.8. The quantitative estimate of drug-likeness (QED) is 0.591. The van der Waals surface area contributed by atoms with Gasteiger partial charge in [-0.1, -0.05) is 54.6 Å². The average molecular weight is 417 g/mol. The predicted octanol–water partition coefficient (Wildman–Crippen LogP) is 4.98. The smallest absolute Gasteiger partial charge is 0.265 e. The molecule has 0 fully saturated rings. The molecule has 0 saturated heterocycles. The highest BCUT2D eigenvalue weighted by Crippen LogP contribution is 2.24. The molecular weight excluding hydrogens is 388 g/mol. The molecule has 1 N–H and O–H groups in total. The summed E-state index contributed by atoms with van der Waals surface area (Å²) in [6.07, 6.45) is -0.681. The summed E-state index contributed by atoms with van der Waals surface area (Å²) in [6.45, 7) is 6.13. The second-order valence-corrected chi connectivity index (χ2v) is 7.70. The first kappa shape index (κ1) is 22.1. The van der Waals surface area contributed by atoms with Gasteiger partial charge in [0.25, 0.3) is 11.8 Å². The van der Waals surface area contributed by atoms with Crippen LogP contribution in [0.1, 0.15) is 34.0 Å². The van der Waals surface area contributed by atoms with Crippen molar-refractivity contribution in [2.24, 2.45) is 0 Å². The molecule has 0 aromatic heterocycles. The molecule has 0 heterocycles. The summed E-state index contributed by atoms with van der Waals surface area (Å²) in [7, 11) is 1.76. The molecule has 31 heavy (non-hydrogen) atoms. The van der Waals surface area contributed by atoms with Crippen LogP contribution in [-0.4, -0.2) is 29.9 Å². The number of carbonyl (C=O) groups excluding carboxylic acids is 2. The van der Waals surface area contributed by atoms with Crippen LogP contribution in [0.3, 0.4) is 0 Å². The van der Waals surface area contributed by atoms with Crippen LogP contribution in [0, 0.1) is 13.8 Å². The molecule has 3 aromatic carbocycles. The Kier molecular flexibility index (Phi) is 7.08. The van der Waals surface area contributed by atoms with Crippen molar-refractivity contribution in [2.75, 3.05) is 12.4 Å². The molecule has 3 aromatic rings. The Balaban J connectivity index is 1.65. The highest BCUT2D eigenvalue weighted by molar-refractivity contribution is 5.98. The van der Waals surface area contributed by atoms with E-state index in [0.717, 1.165) is 22.4 Å². The van der Waals surface area contributed by atoms with Gasteiger partial charge in [0.2, 0.25) is 0 Å². The lowest BCUT2D eigenvalue weighted by molar-refractivity contribution is -0.122. The number of amides is 2. The number of anilines is 1. The van der Waals surface area contributed by atoms with E-state index in [1.165, 1.54) is 0 Å². The largest absolute Gasteiger partial charge is 0.480 e. The number of para-hydroxylation sites is 1. The van der Waals surface area contributed by atoms with Gasteiger partial charge in [0.05, 0.1) is 0 Å². The normalized spacial score (nSPS) is 11.5. The van der Waals surface area contributed by atoms with Gasteiger partial charge in [0, 0.05) is 24.8 Å². The van der Waals surface area contributed by atoms with Crippen molar-refractivity contribution in [3.05, 3.63) is 95.1 Å². The monoisotopic (exact) mass is 416 g/mol. The summed E-state index contributed by atoms with van der Waals surface area (Å²) in [4.78, 5) is 27.1. The fourth-order valence-electron chi connectivity index (χ4n) is 3.34. The van der Waals surface area contributed by atoms with Gasteiger partial charge >= 0.3 is 0 Å². The second kappa shape index (κ2) is 9.94. The van der Waals surface area contributed by atoms with Crippen LogP contribution in [-0.2, 0) is 11.3 Å². The lowest BCUT2D eigenvalue weighted by Crippen LogP contribution is -2.31. The van der Waals surface area contributed by atoms with Crippen molar-refractivity contribution in [3.63, 3.8) is 0 Å². The maximum Gasteiger partial charge on any atom is 0.265 e. The minimum Gasteiger partial charge on any atom is -0.480 e. The maximum atomic E-state index is 12.8. The lowest BCUT2D eigenvalue weighted by Gasteiger charge is -2.19. The first-order valence-electron chi connectivity index (χ1n) is 10.3. The molecule has 5 heteroatoms. The molecule has 0 aliphatic rings. The number of nitrogens with one attached hydrogen (secondary N) is 1. The first-order chi connectivity index (χ1) is 14.8. The van der Waals surface area contributed by atoms with Gasteiger partial charge < -0.3 is 15.0 Å². The molecule has 0 spiro atoms. The summed E-state index contributed by atoms with van der Waals surface area (Å²) >= 11 is 0. The number of carbonyl (C=O) groups is 2. The van der Waals surface area contributed by atoms with E-state index in [0.29, 0.717) is 17.8 Å². The van der Waals surface area contributed by atoms with Gasteiger partial charge in [-0.15, -0.1) is 0 Å². The Hall–Kier alpha value is -3.60. The number of rotatable bonds is 7. The van der Waals surface area contributed by atoms with Crippen LogP contribution >= 0.6 is 0 Å². The Labute approximate surface area is 183 Å². The average Bonchev–Trinajstić information content (AvgIpc) is 2.76. The number of nitrogens with zero attached hydrogens (tertiary/aromatic N) is 1. The van der Waals surface area contributed by atoms with Crippen LogP contribution in [0.25, 0.3) is 0 Å². The van der Waals surface area contributed by atoms with Crippen LogP contribution in [0.5, 0.6) is 5.75 Å². The van der Waals surface area contributed by atoms with Gasteiger partial charge in [-0.3, -0.25) is 9.59 Å². The Morgan fingerprint density at radius 1 is 0.935 bits per heavy atom. The number of benzene rings is 3. The van der Waals surface area contributed by atoms with Gasteiger partial charge in [-0.25, -0.2) is 0 Å². The second-order valence-electron chi connectivity index (χ2n) is 7.70. The van der Waals surface area contributed by atoms with Gasteiger partial charge in [0.15, 0.2) is 6.10 Å². The molecule has 1 unspecified atom stereocenters.